The smallest absolute Gasteiger partial charge is 0.324 e. The third kappa shape index (κ3) is 7.80. The number of nitrogens with zero attached hydrogens (tertiary/aromatic N) is 4. The molecule has 6 rings (SSSR count). The van der Waals surface area contributed by atoms with E-state index in [0.29, 0.717) is 46.7 Å². The summed E-state index contributed by atoms with van der Waals surface area (Å²) in [5.74, 6) is 1.83. The number of aromatic nitrogens is 4. The van der Waals surface area contributed by atoms with Gasteiger partial charge >= 0.3 is 6.03 Å². The van der Waals surface area contributed by atoms with Crippen LogP contribution in [0.4, 0.5) is 27.9 Å². The summed E-state index contributed by atoms with van der Waals surface area (Å²) in [6, 6.07) is 31.2. The number of hydrogen-bond acceptors (Lipinski definition) is 8. The van der Waals surface area contributed by atoms with Gasteiger partial charge < -0.3 is 19.9 Å². The number of para-hydroxylation sites is 1. The quantitative estimate of drug-likeness (QED) is 0.123. The Hall–Kier alpha value is -5.51. The van der Waals surface area contributed by atoms with Crippen molar-refractivity contribution in [3.05, 3.63) is 115 Å². The van der Waals surface area contributed by atoms with Crippen LogP contribution in [0.3, 0.4) is 0 Å². The average molecular weight is 676 g/mol. The van der Waals surface area contributed by atoms with E-state index in [-0.39, 0.29) is 5.41 Å². The second-order valence-corrected chi connectivity index (χ2v) is 14.9. The summed E-state index contributed by atoms with van der Waals surface area (Å²) in [6.07, 6.45) is 1.63. The molecule has 2 heterocycles. The fourth-order valence-corrected chi connectivity index (χ4v) is 6.51. The van der Waals surface area contributed by atoms with Crippen molar-refractivity contribution in [2.24, 2.45) is 0 Å². The molecule has 0 bridgehead atoms. The zero-order valence-electron chi connectivity index (χ0n) is 28.0. The minimum atomic E-state index is -2.94. The number of rotatable bonds is 10. The standard InChI is InChI=1S/C37H38N7O4P/c1-6-47-49(5,46)27-18-16-26(17-19-27)44-33(24-32(43-44)37(2,3)4)41-36(45)40-30-20-21-31(29-15-11-10-14-28(29)30)48-34-22-23-38-35(42-34)39-25-12-8-7-9-13-25/h7-24H,6H2,1-5H3,(H,38,39,42)(H2,40,41,45). The molecule has 0 aliphatic rings. The van der Waals surface area contributed by atoms with Crippen LogP contribution in [-0.4, -0.2) is 39.1 Å². The molecule has 0 radical (unpaired) electrons. The minimum absolute atomic E-state index is 0.278. The van der Waals surface area contributed by atoms with Gasteiger partial charge in [0.05, 0.1) is 23.7 Å². The highest BCUT2D eigenvalue weighted by Gasteiger charge is 2.23. The third-order valence-corrected chi connectivity index (χ3v) is 9.65. The molecule has 1 unspecified atom stereocenters. The van der Waals surface area contributed by atoms with Gasteiger partial charge in [0.1, 0.15) is 11.6 Å². The van der Waals surface area contributed by atoms with Crippen LogP contribution in [0.5, 0.6) is 11.6 Å². The van der Waals surface area contributed by atoms with Crippen LogP contribution in [0.25, 0.3) is 16.5 Å². The largest absolute Gasteiger partial charge is 0.438 e. The predicted octanol–water partition coefficient (Wildman–Crippen LogP) is 8.86. The van der Waals surface area contributed by atoms with Crippen LogP contribution in [-0.2, 0) is 14.5 Å². The molecular weight excluding hydrogens is 637 g/mol. The number of urea groups is 1. The molecular formula is C37H38N7O4P. The molecule has 0 saturated carbocycles. The molecule has 11 nitrogen and oxygen atoms in total. The Morgan fingerprint density at radius 3 is 2.31 bits per heavy atom. The highest BCUT2D eigenvalue weighted by molar-refractivity contribution is 7.66. The van der Waals surface area contributed by atoms with Crippen molar-refractivity contribution in [3.8, 4) is 17.3 Å². The molecule has 2 aromatic heterocycles. The first kappa shape index (κ1) is 33.4. The summed E-state index contributed by atoms with van der Waals surface area (Å²) in [4.78, 5) is 22.3. The molecule has 0 aliphatic heterocycles. The zero-order valence-corrected chi connectivity index (χ0v) is 28.9. The van der Waals surface area contributed by atoms with Crippen molar-refractivity contribution >= 4 is 52.6 Å². The van der Waals surface area contributed by atoms with Crippen molar-refractivity contribution in [1.82, 2.24) is 19.7 Å². The SMILES string of the molecule is CCOP(C)(=O)c1ccc(-n2nc(C(C)(C)C)cc2NC(=O)Nc2ccc(Oc3ccnc(Nc4ccccc4)n3)c3ccccc23)cc1. The molecule has 0 fully saturated rings. The van der Waals surface area contributed by atoms with E-state index in [4.69, 9.17) is 14.4 Å². The van der Waals surface area contributed by atoms with Gasteiger partial charge in [-0.15, -0.1) is 0 Å². The van der Waals surface area contributed by atoms with E-state index in [1.807, 2.05) is 79.7 Å². The topological polar surface area (TPSA) is 132 Å². The van der Waals surface area contributed by atoms with Crippen LogP contribution in [0.2, 0.25) is 0 Å². The van der Waals surface area contributed by atoms with Gasteiger partial charge in [-0.2, -0.15) is 10.1 Å². The summed E-state index contributed by atoms with van der Waals surface area (Å²) in [5.41, 5.74) is 2.67. The van der Waals surface area contributed by atoms with Crippen molar-refractivity contribution in [2.75, 3.05) is 29.2 Å². The van der Waals surface area contributed by atoms with Crippen molar-refractivity contribution in [3.63, 3.8) is 0 Å². The average Bonchev–Trinajstić information content (AvgIpc) is 3.51. The lowest BCUT2D eigenvalue weighted by Gasteiger charge is -2.15. The monoisotopic (exact) mass is 675 g/mol. The maximum Gasteiger partial charge on any atom is 0.324 e. The highest BCUT2D eigenvalue weighted by Crippen LogP contribution is 2.41. The number of benzene rings is 4. The molecule has 1 atom stereocenters. The normalized spacial score (nSPS) is 12.7. The number of carbonyl (C=O) groups is 1. The maximum absolute atomic E-state index is 13.5. The Morgan fingerprint density at radius 2 is 1.59 bits per heavy atom. The van der Waals surface area contributed by atoms with Crippen molar-refractivity contribution in [1.29, 1.82) is 0 Å². The first-order chi connectivity index (χ1) is 23.5. The fourth-order valence-electron chi connectivity index (χ4n) is 5.18. The van der Waals surface area contributed by atoms with Gasteiger partial charge in [-0.3, -0.25) is 9.88 Å². The first-order valence-corrected chi connectivity index (χ1v) is 17.9. The van der Waals surface area contributed by atoms with Gasteiger partial charge in [0.25, 0.3) is 0 Å². The number of carbonyl (C=O) groups excluding carboxylic acids is 1. The lowest BCUT2D eigenvalue weighted by Crippen LogP contribution is -2.21. The Balaban J connectivity index is 1.23. The Morgan fingerprint density at radius 1 is 0.878 bits per heavy atom. The van der Waals surface area contributed by atoms with Crippen LogP contribution < -0.4 is 26.0 Å². The maximum atomic E-state index is 13.5. The number of amides is 2. The molecule has 12 heteroatoms. The van der Waals surface area contributed by atoms with E-state index < -0.39 is 13.4 Å². The molecule has 3 N–H and O–H groups in total. The summed E-state index contributed by atoms with van der Waals surface area (Å²) in [7, 11) is -2.94. The van der Waals surface area contributed by atoms with Crippen molar-refractivity contribution in [2.45, 2.75) is 33.1 Å². The minimum Gasteiger partial charge on any atom is -0.438 e. The van der Waals surface area contributed by atoms with E-state index in [0.717, 1.165) is 22.2 Å². The highest BCUT2D eigenvalue weighted by atomic mass is 31.2. The second kappa shape index (κ2) is 13.9. The summed E-state index contributed by atoms with van der Waals surface area (Å²) in [5, 5.41) is 16.1. The zero-order chi connectivity index (χ0) is 34.6. The Kier molecular flexibility index (Phi) is 9.49. The van der Waals surface area contributed by atoms with Gasteiger partial charge in [0.15, 0.2) is 0 Å². The molecule has 4 aromatic carbocycles. The second-order valence-electron chi connectivity index (χ2n) is 12.4. The number of nitrogens with one attached hydrogen (secondary N) is 3. The van der Waals surface area contributed by atoms with E-state index >= 15 is 0 Å². The lowest BCUT2D eigenvalue weighted by molar-refractivity contribution is 0.262. The molecule has 250 valence electrons. The van der Waals surface area contributed by atoms with Gasteiger partial charge in [0.2, 0.25) is 19.2 Å². The lowest BCUT2D eigenvalue weighted by atomic mass is 9.92. The molecule has 0 saturated heterocycles. The summed E-state index contributed by atoms with van der Waals surface area (Å²) >= 11 is 0. The van der Waals surface area contributed by atoms with Crippen LogP contribution in [0.1, 0.15) is 33.4 Å². The van der Waals surface area contributed by atoms with Crippen LogP contribution in [0, 0.1) is 0 Å². The summed E-state index contributed by atoms with van der Waals surface area (Å²) < 4.78 is 26.3. The number of hydrogen-bond donors (Lipinski definition) is 3. The Bertz CT molecular complexity index is 2140. The van der Waals surface area contributed by atoms with Gasteiger partial charge in [-0.25, -0.2) is 14.5 Å². The first-order valence-electron chi connectivity index (χ1n) is 15.9. The summed E-state index contributed by atoms with van der Waals surface area (Å²) in [6.45, 7) is 9.94. The third-order valence-electron chi connectivity index (χ3n) is 7.66. The van der Waals surface area contributed by atoms with Crippen molar-refractivity contribution < 1.29 is 18.6 Å². The number of ether oxygens (including phenoxy) is 1. The molecule has 0 aliphatic carbocycles. The number of fused-ring (bicyclic) bond motifs is 1. The molecule has 49 heavy (non-hydrogen) atoms. The van der Waals surface area contributed by atoms with E-state index in [1.165, 1.54) is 0 Å². The van der Waals surface area contributed by atoms with Gasteiger partial charge in [0, 0.05) is 52.2 Å². The molecule has 2 amide bonds. The van der Waals surface area contributed by atoms with Crippen LogP contribution in [0.15, 0.2) is 109 Å². The Labute approximate surface area is 285 Å². The predicted molar refractivity (Wildman–Crippen MR) is 195 cm³/mol. The van der Waals surface area contributed by atoms with E-state index in [9.17, 15) is 9.36 Å². The number of anilines is 4. The van der Waals surface area contributed by atoms with Gasteiger partial charge in [-0.1, -0.05) is 63.2 Å². The van der Waals surface area contributed by atoms with Gasteiger partial charge in [-0.05, 0) is 55.5 Å². The van der Waals surface area contributed by atoms with E-state index in [2.05, 4.69) is 46.7 Å². The molecule has 6 aromatic rings. The van der Waals surface area contributed by atoms with Crippen LogP contribution >= 0.6 is 7.37 Å². The van der Waals surface area contributed by atoms with E-state index in [1.54, 1.807) is 47.9 Å². The molecule has 0 spiro atoms. The fraction of sp³-hybridized carbons (Fsp3) is 0.189.